The molecule has 1 amide bonds. The lowest BCUT2D eigenvalue weighted by Crippen LogP contribution is -2.20. The van der Waals surface area contributed by atoms with E-state index in [0.717, 1.165) is 0 Å². The molecule has 1 saturated heterocycles. The Balaban J connectivity index is 2.02. The van der Waals surface area contributed by atoms with Crippen molar-refractivity contribution in [2.24, 2.45) is 0 Å². The van der Waals surface area contributed by atoms with Crippen LogP contribution in [0.3, 0.4) is 0 Å². The quantitative estimate of drug-likeness (QED) is 0.514. The predicted molar refractivity (Wildman–Crippen MR) is 81.8 cm³/mol. The lowest BCUT2D eigenvalue weighted by molar-refractivity contribution is -0.133. The zero-order chi connectivity index (χ0) is 16.4. The van der Waals surface area contributed by atoms with Gasteiger partial charge in [0, 0.05) is 5.56 Å². The van der Waals surface area contributed by atoms with Crippen LogP contribution in [-0.2, 0) is 9.59 Å². The number of rotatable bonds is 4. The number of Topliss-reactive ketones (excluding diaryl/α,β-unsaturated/α-hetero) is 1. The standard InChI is InChI=1S/C17H15NO5/c1-2-22-11-7-5-10(6-8-11)15(19)13-14(12-4-3-9-23-12)18-17(21)16(13)20/h3-9,14,19H,2H2,1H3,(H,18,21)/b15-13-. The van der Waals surface area contributed by atoms with Crippen LogP contribution in [-0.4, -0.2) is 23.4 Å². The van der Waals surface area contributed by atoms with Crippen LogP contribution in [0.4, 0.5) is 0 Å². The van der Waals surface area contributed by atoms with Crippen LogP contribution < -0.4 is 10.1 Å². The van der Waals surface area contributed by atoms with Gasteiger partial charge in [-0.05, 0) is 43.3 Å². The molecule has 1 aliphatic heterocycles. The Labute approximate surface area is 132 Å². The van der Waals surface area contributed by atoms with Crippen molar-refractivity contribution in [1.29, 1.82) is 0 Å². The first kappa shape index (κ1) is 14.9. The molecule has 1 unspecified atom stereocenters. The molecule has 2 heterocycles. The summed E-state index contributed by atoms with van der Waals surface area (Å²) in [6.45, 7) is 2.40. The molecule has 1 atom stereocenters. The van der Waals surface area contributed by atoms with E-state index in [1.807, 2.05) is 6.92 Å². The monoisotopic (exact) mass is 313 g/mol. The van der Waals surface area contributed by atoms with Crippen LogP contribution in [0, 0.1) is 0 Å². The first-order valence-electron chi connectivity index (χ1n) is 7.16. The summed E-state index contributed by atoms with van der Waals surface area (Å²) in [6.07, 6.45) is 1.44. The zero-order valence-corrected chi connectivity index (χ0v) is 12.4. The first-order valence-corrected chi connectivity index (χ1v) is 7.16. The molecule has 23 heavy (non-hydrogen) atoms. The molecular weight excluding hydrogens is 298 g/mol. The van der Waals surface area contributed by atoms with E-state index in [2.05, 4.69) is 5.32 Å². The smallest absolute Gasteiger partial charge is 0.293 e. The Morgan fingerprint density at radius 2 is 2.00 bits per heavy atom. The molecule has 0 spiro atoms. The minimum absolute atomic E-state index is 0.0193. The number of hydrogen-bond acceptors (Lipinski definition) is 5. The molecule has 1 aromatic carbocycles. The Kier molecular flexibility index (Phi) is 3.89. The highest BCUT2D eigenvalue weighted by Crippen LogP contribution is 2.33. The first-order chi connectivity index (χ1) is 11.1. The van der Waals surface area contributed by atoms with Crippen molar-refractivity contribution >= 4 is 17.4 Å². The summed E-state index contributed by atoms with van der Waals surface area (Å²) in [5.41, 5.74) is 0.402. The van der Waals surface area contributed by atoms with Crippen LogP contribution in [0.5, 0.6) is 5.75 Å². The Morgan fingerprint density at radius 1 is 1.26 bits per heavy atom. The average Bonchev–Trinajstić information content (AvgIpc) is 3.17. The van der Waals surface area contributed by atoms with Gasteiger partial charge >= 0.3 is 0 Å². The molecule has 1 fully saturated rings. The summed E-state index contributed by atoms with van der Waals surface area (Å²) in [5, 5.41) is 13.0. The fourth-order valence-electron chi connectivity index (χ4n) is 2.47. The molecule has 0 aliphatic carbocycles. The predicted octanol–water partition coefficient (Wildman–Crippen LogP) is 2.39. The molecule has 1 aliphatic rings. The maximum absolute atomic E-state index is 12.1. The highest BCUT2D eigenvalue weighted by Gasteiger charge is 2.40. The summed E-state index contributed by atoms with van der Waals surface area (Å²) in [4.78, 5) is 23.8. The van der Waals surface area contributed by atoms with E-state index < -0.39 is 17.7 Å². The number of aliphatic hydroxyl groups excluding tert-OH is 1. The second-order valence-corrected chi connectivity index (χ2v) is 4.97. The molecule has 6 heteroatoms. The summed E-state index contributed by atoms with van der Waals surface area (Å²) in [5.74, 6) is -0.741. The fraction of sp³-hybridized carbons (Fsp3) is 0.176. The van der Waals surface area contributed by atoms with Crippen molar-refractivity contribution in [2.75, 3.05) is 6.61 Å². The molecule has 3 rings (SSSR count). The highest BCUT2D eigenvalue weighted by atomic mass is 16.5. The van der Waals surface area contributed by atoms with Crippen LogP contribution in [0.2, 0.25) is 0 Å². The lowest BCUT2D eigenvalue weighted by Gasteiger charge is -2.11. The molecule has 0 saturated carbocycles. The second kappa shape index (κ2) is 6.00. The molecule has 0 bridgehead atoms. The number of ether oxygens (including phenoxy) is 1. The number of benzene rings is 1. The van der Waals surface area contributed by atoms with Gasteiger partial charge in [-0.25, -0.2) is 0 Å². The largest absolute Gasteiger partial charge is 0.507 e. The average molecular weight is 313 g/mol. The second-order valence-electron chi connectivity index (χ2n) is 4.97. The third kappa shape index (κ3) is 2.70. The summed E-state index contributed by atoms with van der Waals surface area (Å²) in [6, 6.07) is 9.12. The molecular formula is C17H15NO5. The molecule has 2 N–H and O–H groups in total. The number of carbonyl (C=O) groups excluding carboxylic acids is 2. The third-order valence-electron chi connectivity index (χ3n) is 3.54. The van der Waals surface area contributed by atoms with Gasteiger partial charge in [-0.3, -0.25) is 9.59 Å². The maximum atomic E-state index is 12.1. The van der Waals surface area contributed by atoms with Gasteiger partial charge < -0.3 is 19.6 Å². The summed E-state index contributed by atoms with van der Waals surface area (Å²) in [7, 11) is 0. The van der Waals surface area contributed by atoms with Crippen LogP contribution in [0.25, 0.3) is 5.76 Å². The molecule has 0 radical (unpaired) electrons. The van der Waals surface area contributed by atoms with Crippen LogP contribution >= 0.6 is 0 Å². The van der Waals surface area contributed by atoms with Gasteiger partial charge in [-0.1, -0.05) is 0 Å². The van der Waals surface area contributed by atoms with Crippen molar-refractivity contribution in [3.8, 4) is 5.75 Å². The number of furan rings is 1. The van der Waals surface area contributed by atoms with E-state index >= 15 is 0 Å². The highest BCUT2D eigenvalue weighted by molar-refractivity contribution is 6.46. The third-order valence-corrected chi connectivity index (χ3v) is 3.54. The van der Waals surface area contributed by atoms with Crippen molar-refractivity contribution < 1.29 is 23.8 Å². The minimum Gasteiger partial charge on any atom is -0.507 e. The SMILES string of the molecule is CCOc1ccc(/C(O)=C2/C(=O)C(=O)NC2c2ccco2)cc1. The molecule has 118 valence electrons. The van der Waals surface area contributed by atoms with E-state index in [1.54, 1.807) is 36.4 Å². The van der Waals surface area contributed by atoms with Crippen LogP contribution in [0.1, 0.15) is 24.3 Å². The van der Waals surface area contributed by atoms with Crippen LogP contribution in [0.15, 0.2) is 52.7 Å². The number of amides is 1. The van der Waals surface area contributed by atoms with Gasteiger partial charge in [0.25, 0.3) is 11.7 Å². The van der Waals surface area contributed by atoms with E-state index in [0.29, 0.717) is 23.7 Å². The van der Waals surface area contributed by atoms with E-state index in [4.69, 9.17) is 9.15 Å². The molecule has 6 nitrogen and oxygen atoms in total. The van der Waals surface area contributed by atoms with E-state index in [9.17, 15) is 14.7 Å². The number of aliphatic hydroxyl groups is 1. The fourth-order valence-corrected chi connectivity index (χ4v) is 2.47. The topological polar surface area (TPSA) is 88.8 Å². The number of hydrogen-bond donors (Lipinski definition) is 2. The Bertz CT molecular complexity index is 759. The van der Waals surface area contributed by atoms with Crippen molar-refractivity contribution in [1.82, 2.24) is 5.32 Å². The van der Waals surface area contributed by atoms with Crippen molar-refractivity contribution in [3.63, 3.8) is 0 Å². The summed E-state index contributed by atoms with van der Waals surface area (Å²) < 4.78 is 10.6. The van der Waals surface area contributed by atoms with Crippen molar-refractivity contribution in [3.05, 3.63) is 59.6 Å². The van der Waals surface area contributed by atoms with Gasteiger partial charge in [-0.2, -0.15) is 0 Å². The lowest BCUT2D eigenvalue weighted by atomic mass is 10.00. The van der Waals surface area contributed by atoms with Crippen molar-refractivity contribution in [2.45, 2.75) is 13.0 Å². The number of ketones is 1. The van der Waals surface area contributed by atoms with Gasteiger partial charge in [0.1, 0.15) is 23.3 Å². The Morgan fingerprint density at radius 3 is 2.61 bits per heavy atom. The number of nitrogens with one attached hydrogen (secondary N) is 1. The van der Waals surface area contributed by atoms with Gasteiger partial charge in [0.15, 0.2) is 0 Å². The molecule has 1 aromatic heterocycles. The molecule has 2 aromatic rings. The minimum atomic E-state index is -0.795. The van der Waals surface area contributed by atoms with Gasteiger partial charge in [-0.15, -0.1) is 0 Å². The number of carbonyl (C=O) groups is 2. The zero-order valence-electron chi connectivity index (χ0n) is 12.4. The Hall–Kier alpha value is -3.02. The maximum Gasteiger partial charge on any atom is 0.293 e. The van der Waals surface area contributed by atoms with Gasteiger partial charge in [0.05, 0.1) is 18.4 Å². The van der Waals surface area contributed by atoms with E-state index in [1.165, 1.54) is 6.26 Å². The van der Waals surface area contributed by atoms with Gasteiger partial charge in [0.2, 0.25) is 0 Å². The normalized spacial score (nSPS) is 19.6. The summed E-state index contributed by atoms with van der Waals surface area (Å²) >= 11 is 0. The van der Waals surface area contributed by atoms with E-state index in [-0.39, 0.29) is 11.3 Å².